The van der Waals surface area contributed by atoms with E-state index in [1.807, 2.05) is 6.20 Å². The van der Waals surface area contributed by atoms with Gasteiger partial charge in [0.1, 0.15) is 5.01 Å². The van der Waals surface area contributed by atoms with Gasteiger partial charge in [-0.2, -0.15) is 0 Å². The molecule has 1 aromatic heterocycles. The molecule has 18 heavy (non-hydrogen) atoms. The van der Waals surface area contributed by atoms with Crippen LogP contribution >= 0.6 is 11.3 Å². The van der Waals surface area contributed by atoms with Crippen LogP contribution in [-0.2, 0) is 4.74 Å². The first-order valence-corrected chi connectivity index (χ1v) is 7.80. The molecule has 0 aliphatic carbocycles. The predicted octanol–water partition coefficient (Wildman–Crippen LogP) is 3.45. The standard InChI is InChI=1S/C14H24N2OS/c1-4-5-13-8-12(6-7-17-13)16-11(3)14-15-9-10(2)18-14/h9,11-13,16H,4-8H2,1-3H3. The second kappa shape index (κ2) is 6.64. The Morgan fingerprint density at radius 2 is 2.44 bits per heavy atom. The molecular formula is C14H24N2OS. The van der Waals surface area contributed by atoms with Gasteiger partial charge >= 0.3 is 0 Å². The van der Waals surface area contributed by atoms with Gasteiger partial charge in [-0.3, -0.25) is 0 Å². The molecule has 3 unspecified atom stereocenters. The quantitative estimate of drug-likeness (QED) is 0.888. The van der Waals surface area contributed by atoms with Crippen molar-refractivity contribution < 1.29 is 4.74 Å². The largest absolute Gasteiger partial charge is 0.378 e. The third kappa shape index (κ3) is 3.77. The summed E-state index contributed by atoms with van der Waals surface area (Å²) >= 11 is 1.79. The smallest absolute Gasteiger partial charge is 0.109 e. The van der Waals surface area contributed by atoms with Crippen LogP contribution in [0.3, 0.4) is 0 Å². The summed E-state index contributed by atoms with van der Waals surface area (Å²) < 4.78 is 5.79. The minimum atomic E-state index is 0.356. The molecule has 1 fully saturated rings. The van der Waals surface area contributed by atoms with Crippen molar-refractivity contribution in [1.29, 1.82) is 0 Å². The highest BCUT2D eigenvalue weighted by Gasteiger charge is 2.23. The van der Waals surface area contributed by atoms with Gasteiger partial charge in [-0.25, -0.2) is 4.98 Å². The van der Waals surface area contributed by atoms with Crippen molar-refractivity contribution in [2.75, 3.05) is 6.61 Å². The monoisotopic (exact) mass is 268 g/mol. The Morgan fingerprint density at radius 1 is 1.61 bits per heavy atom. The summed E-state index contributed by atoms with van der Waals surface area (Å²) in [6.07, 6.45) is 7.06. The van der Waals surface area contributed by atoms with E-state index in [1.165, 1.54) is 22.7 Å². The summed E-state index contributed by atoms with van der Waals surface area (Å²) in [4.78, 5) is 5.75. The lowest BCUT2D eigenvalue weighted by molar-refractivity contribution is -0.00472. The topological polar surface area (TPSA) is 34.2 Å². The number of ether oxygens (including phenoxy) is 1. The molecule has 1 N–H and O–H groups in total. The zero-order valence-electron chi connectivity index (χ0n) is 11.6. The number of hydrogen-bond acceptors (Lipinski definition) is 4. The Balaban J connectivity index is 1.85. The van der Waals surface area contributed by atoms with Gasteiger partial charge < -0.3 is 10.1 Å². The number of nitrogens with one attached hydrogen (secondary N) is 1. The average molecular weight is 268 g/mol. The molecule has 0 aromatic carbocycles. The number of thiazole rings is 1. The van der Waals surface area contributed by atoms with Crippen LogP contribution < -0.4 is 5.32 Å². The Hall–Kier alpha value is -0.450. The maximum Gasteiger partial charge on any atom is 0.109 e. The van der Waals surface area contributed by atoms with E-state index in [9.17, 15) is 0 Å². The fraction of sp³-hybridized carbons (Fsp3) is 0.786. The molecule has 1 aliphatic heterocycles. The molecule has 2 heterocycles. The number of rotatable bonds is 5. The second-order valence-corrected chi connectivity index (χ2v) is 6.47. The lowest BCUT2D eigenvalue weighted by Crippen LogP contribution is -2.40. The van der Waals surface area contributed by atoms with Crippen LogP contribution in [0.15, 0.2) is 6.20 Å². The van der Waals surface area contributed by atoms with E-state index in [0.717, 1.165) is 19.4 Å². The van der Waals surface area contributed by atoms with E-state index in [4.69, 9.17) is 4.74 Å². The van der Waals surface area contributed by atoms with E-state index in [-0.39, 0.29) is 0 Å². The molecule has 3 nitrogen and oxygen atoms in total. The summed E-state index contributed by atoms with van der Waals surface area (Å²) in [7, 11) is 0. The molecule has 0 spiro atoms. The van der Waals surface area contributed by atoms with Gasteiger partial charge in [0.15, 0.2) is 0 Å². The van der Waals surface area contributed by atoms with Gasteiger partial charge in [-0.05, 0) is 33.1 Å². The van der Waals surface area contributed by atoms with E-state index >= 15 is 0 Å². The molecule has 0 amide bonds. The summed E-state index contributed by atoms with van der Waals surface area (Å²) in [5.74, 6) is 0. The number of hydrogen-bond donors (Lipinski definition) is 1. The fourth-order valence-corrected chi connectivity index (χ4v) is 3.34. The Bertz CT molecular complexity index is 364. The van der Waals surface area contributed by atoms with Gasteiger partial charge in [-0.1, -0.05) is 13.3 Å². The minimum Gasteiger partial charge on any atom is -0.378 e. The van der Waals surface area contributed by atoms with E-state index < -0.39 is 0 Å². The van der Waals surface area contributed by atoms with Gasteiger partial charge in [0, 0.05) is 23.7 Å². The van der Waals surface area contributed by atoms with Gasteiger partial charge in [0.25, 0.3) is 0 Å². The maximum atomic E-state index is 5.79. The van der Waals surface area contributed by atoms with E-state index in [0.29, 0.717) is 18.2 Å². The third-order valence-electron chi connectivity index (χ3n) is 3.47. The fourth-order valence-electron chi connectivity index (χ4n) is 2.55. The van der Waals surface area contributed by atoms with Crippen molar-refractivity contribution in [2.24, 2.45) is 0 Å². The van der Waals surface area contributed by atoms with Crippen LogP contribution in [0.4, 0.5) is 0 Å². The van der Waals surface area contributed by atoms with Crippen LogP contribution in [-0.4, -0.2) is 23.7 Å². The summed E-state index contributed by atoms with van der Waals surface area (Å²) in [6, 6.07) is 0.934. The average Bonchev–Trinajstić information content (AvgIpc) is 2.77. The van der Waals surface area contributed by atoms with Gasteiger partial charge in [0.05, 0.1) is 12.1 Å². The van der Waals surface area contributed by atoms with Crippen molar-refractivity contribution >= 4 is 11.3 Å². The van der Waals surface area contributed by atoms with Crippen molar-refractivity contribution in [2.45, 2.75) is 64.6 Å². The lowest BCUT2D eigenvalue weighted by atomic mass is 9.99. The molecule has 1 aliphatic rings. The van der Waals surface area contributed by atoms with Crippen molar-refractivity contribution in [3.8, 4) is 0 Å². The number of aryl methyl sites for hydroxylation is 1. The first-order valence-electron chi connectivity index (χ1n) is 6.99. The molecule has 1 saturated heterocycles. The van der Waals surface area contributed by atoms with Crippen molar-refractivity contribution in [3.05, 3.63) is 16.1 Å². The highest BCUT2D eigenvalue weighted by Crippen LogP contribution is 2.23. The van der Waals surface area contributed by atoms with Gasteiger partial charge in [0.2, 0.25) is 0 Å². The second-order valence-electron chi connectivity index (χ2n) is 5.20. The Morgan fingerprint density at radius 3 is 3.11 bits per heavy atom. The lowest BCUT2D eigenvalue weighted by Gasteiger charge is -2.31. The zero-order chi connectivity index (χ0) is 13.0. The van der Waals surface area contributed by atoms with E-state index in [1.54, 1.807) is 11.3 Å². The molecule has 4 heteroatoms. The predicted molar refractivity (Wildman–Crippen MR) is 76.1 cm³/mol. The Kier molecular flexibility index (Phi) is 5.15. The number of aromatic nitrogens is 1. The van der Waals surface area contributed by atoms with E-state index in [2.05, 4.69) is 31.1 Å². The first-order chi connectivity index (χ1) is 8.69. The summed E-state index contributed by atoms with van der Waals surface area (Å²) in [5, 5.41) is 4.90. The Labute approximate surface area is 114 Å². The third-order valence-corrected chi connectivity index (χ3v) is 4.57. The van der Waals surface area contributed by atoms with Crippen molar-refractivity contribution in [1.82, 2.24) is 10.3 Å². The zero-order valence-corrected chi connectivity index (χ0v) is 12.4. The molecule has 2 rings (SSSR count). The molecule has 102 valence electrons. The van der Waals surface area contributed by atoms with Crippen LogP contribution in [0.1, 0.15) is 55.5 Å². The number of nitrogens with zero attached hydrogens (tertiary/aromatic N) is 1. The van der Waals surface area contributed by atoms with Crippen molar-refractivity contribution in [3.63, 3.8) is 0 Å². The summed E-state index contributed by atoms with van der Waals surface area (Å²) in [5.41, 5.74) is 0. The summed E-state index contributed by atoms with van der Waals surface area (Å²) in [6.45, 7) is 7.44. The maximum absolute atomic E-state index is 5.79. The van der Waals surface area contributed by atoms with Crippen LogP contribution in [0.2, 0.25) is 0 Å². The molecule has 0 bridgehead atoms. The highest BCUT2D eigenvalue weighted by molar-refractivity contribution is 7.11. The first kappa shape index (κ1) is 14.0. The molecular weight excluding hydrogens is 244 g/mol. The van der Waals surface area contributed by atoms with Gasteiger partial charge in [-0.15, -0.1) is 11.3 Å². The van der Waals surface area contributed by atoms with Crippen LogP contribution in [0, 0.1) is 6.92 Å². The normalized spacial score (nSPS) is 26.2. The molecule has 3 atom stereocenters. The molecule has 0 radical (unpaired) electrons. The van der Waals surface area contributed by atoms with Crippen LogP contribution in [0.25, 0.3) is 0 Å². The van der Waals surface area contributed by atoms with Crippen LogP contribution in [0.5, 0.6) is 0 Å². The molecule has 1 aromatic rings. The SMILES string of the molecule is CCCC1CC(NC(C)c2ncc(C)s2)CCO1. The minimum absolute atomic E-state index is 0.356. The molecule has 0 saturated carbocycles. The highest BCUT2D eigenvalue weighted by atomic mass is 32.1.